The van der Waals surface area contributed by atoms with Crippen LogP contribution in [0, 0.1) is 0 Å². The Balaban J connectivity index is 2.34. The van der Waals surface area contributed by atoms with Gasteiger partial charge in [-0.15, -0.1) is 0 Å². The van der Waals surface area contributed by atoms with Crippen molar-refractivity contribution in [2.24, 2.45) is 0 Å². The highest BCUT2D eigenvalue weighted by molar-refractivity contribution is 6.31. The van der Waals surface area contributed by atoms with E-state index in [0.29, 0.717) is 17.0 Å². The number of carbonyl (C=O) groups excluding carboxylic acids is 1. The summed E-state index contributed by atoms with van der Waals surface area (Å²) >= 11 is 6.21. The topological polar surface area (TPSA) is 35.5 Å². The molecule has 0 aliphatic carbocycles. The van der Waals surface area contributed by atoms with Gasteiger partial charge in [-0.25, -0.2) is 4.79 Å². The van der Waals surface area contributed by atoms with Crippen molar-refractivity contribution >= 4 is 17.6 Å². The van der Waals surface area contributed by atoms with Crippen LogP contribution in [0.3, 0.4) is 0 Å². The summed E-state index contributed by atoms with van der Waals surface area (Å²) in [6, 6.07) is 12.9. The molecule has 0 radical (unpaired) electrons. The average Bonchev–Trinajstić information content (AvgIpc) is 2.49. The molecule has 0 N–H and O–H groups in total. The number of esters is 1. The van der Waals surface area contributed by atoms with Gasteiger partial charge in [0.05, 0.1) is 19.8 Å². The van der Waals surface area contributed by atoms with E-state index in [4.69, 9.17) is 21.1 Å². The zero-order valence-electron chi connectivity index (χ0n) is 11.4. The molecule has 3 nitrogen and oxygen atoms in total. The van der Waals surface area contributed by atoms with Crippen molar-refractivity contribution in [2.45, 2.75) is 6.42 Å². The Morgan fingerprint density at radius 2 is 1.80 bits per heavy atom. The Kier molecular flexibility index (Phi) is 4.64. The van der Waals surface area contributed by atoms with Gasteiger partial charge in [-0.2, -0.15) is 0 Å². The molecular formula is C16H15ClO3. The SMILES string of the molecule is COC(=O)c1cccc(Cl)c1Cc1ccc(OC)cc1. The first-order chi connectivity index (χ1) is 9.65. The highest BCUT2D eigenvalue weighted by Crippen LogP contribution is 2.24. The normalized spacial score (nSPS) is 10.2. The first-order valence-corrected chi connectivity index (χ1v) is 6.52. The molecule has 0 fully saturated rings. The predicted octanol–water partition coefficient (Wildman–Crippen LogP) is 3.73. The standard InChI is InChI=1S/C16H15ClO3/c1-19-12-8-6-11(7-9-12)10-14-13(16(18)20-2)4-3-5-15(14)17/h3-9H,10H2,1-2H3. The second-order valence-electron chi connectivity index (χ2n) is 4.28. The minimum absolute atomic E-state index is 0.379. The van der Waals surface area contributed by atoms with Crippen LogP contribution in [0.25, 0.3) is 0 Å². The molecule has 2 rings (SSSR count). The van der Waals surface area contributed by atoms with E-state index in [0.717, 1.165) is 16.9 Å². The molecule has 2 aromatic rings. The van der Waals surface area contributed by atoms with Crippen LogP contribution in [0.4, 0.5) is 0 Å². The fourth-order valence-corrected chi connectivity index (χ4v) is 2.23. The van der Waals surface area contributed by atoms with Gasteiger partial charge in [0.2, 0.25) is 0 Å². The van der Waals surface area contributed by atoms with Gasteiger partial charge >= 0.3 is 5.97 Å². The zero-order chi connectivity index (χ0) is 14.5. The highest BCUT2D eigenvalue weighted by atomic mass is 35.5. The van der Waals surface area contributed by atoms with Gasteiger partial charge < -0.3 is 9.47 Å². The molecule has 0 spiro atoms. The van der Waals surface area contributed by atoms with Crippen LogP contribution in [0.5, 0.6) is 5.75 Å². The van der Waals surface area contributed by atoms with E-state index in [2.05, 4.69) is 0 Å². The molecule has 0 saturated carbocycles. The molecule has 2 aromatic carbocycles. The minimum atomic E-state index is -0.379. The van der Waals surface area contributed by atoms with Crippen LogP contribution < -0.4 is 4.74 Å². The van der Waals surface area contributed by atoms with E-state index in [-0.39, 0.29) is 5.97 Å². The Morgan fingerprint density at radius 3 is 2.40 bits per heavy atom. The van der Waals surface area contributed by atoms with Crippen LogP contribution in [0.2, 0.25) is 5.02 Å². The fourth-order valence-electron chi connectivity index (χ4n) is 1.99. The van der Waals surface area contributed by atoms with Crippen LogP contribution in [-0.4, -0.2) is 20.2 Å². The number of hydrogen-bond donors (Lipinski definition) is 0. The molecule has 4 heteroatoms. The quantitative estimate of drug-likeness (QED) is 0.805. The van der Waals surface area contributed by atoms with Crippen molar-refractivity contribution in [3.63, 3.8) is 0 Å². The van der Waals surface area contributed by atoms with Crippen molar-refractivity contribution in [1.82, 2.24) is 0 Å². The third-order valence-corrected chi connectivity index (χ3v) is 3.42. The smallest absolute Gasteiger partial charge is 0.338 e. The number of hydrogen-bond acceptors (Lipinski definition) is 3. The molecule has 104 valence electrons. The van der Waals surface area contributed by atoms with Gasteiger partial charge in [0.25, 0.3) is 0 Å². The summed E-state index contributed by atoms with van der Waals surface area (Å²) < 4.78 is 9.91. The largest absolute Gasteiger partial charge is 0.497 e. The van der Waals surface area contributed by atoms with Gasteiger partial charge in [0.1, 0.15) is 5.75 Å². The van der Waals surface area contributed by atoms with Gasteiger partial charge in [-0.1, -0.05) is 29.8 Å². The summed E-state index contributed by atoms with van der Waals surface area (Å²) in [4.78, 5) is 11.8. The van der Waals surface area contributed by atoms with E-state index in [1.54, 1.807) is 25.3 Å². The summed E-state index contributed by atoms with van der Waals surface area (Å²) in [6.45, 7) is 0. The third kappa shape index (κ3) is 3.11. The van der Waals surface area contributed by atoms with E-state index >= 15 is 0 Å². The maximum Gasteiger partial charge on any atom is 0.338 e. The third-order valence-electron chi connectivity index (χ3n) is 3.06. The molecule has 0 bridgehead atoms. The van der Waals surface area contributed by atoms with Gasteiger partial charge in [-0.3, -0.25) is 0 Å². The minimum Gasteiger partial charge on any atom is -0.497 e. The second-order valence-corrected chi connectivity index (χ2v) is 4.69. The van der Waals surface area contributed by atoms with Gasteiger partial charge in [0.15, 0.2) is 0 Å². The second kappa shape index (κ2) is 6.44. The molecule has 0 saturated heterocycles. The van der Waals surface area contributed by atoms with Gasteiger partial charge in [-0.05, 0) is 41.8 Å². The van der Waals surface area contributed by atoms with Crippen LogP contribution >= 0.6 is 11.6 Å². The van der Waals surface area contributed by atoms with Crippen LogP contribution in [-0.2, 0) is 11.2 Å². The Labute approximate surface area is 123 Å². The monoisotopic (exact) mass is 290 g/mol. The number of carbonyl (C=O) groups is 1. The van der Waals surface area contributed by atoms with Crippen molar-refractivity contribution in [2.75, 3.05) is 14.2 Å². The Morgan fingerprint density at radius 1 is 1.10 bits per heavy atom. The number of methoxy groups -OCH3 is 2. The summed E-state index contributed by atoms with van der Waals surface area (Å²) in [5.74, 6) is 0.414. The highest BCUT2D eigenvalue weighted by Gasteiger charge is 2.14. The molecule has 0 aromatic heterocycles. The molecule has 0 aliphatic heterocycles. The first-order valence-electron chi connectivity index (χ1n) is 6.14. The van der Waals surface area contributed by atoms with Crippen molar-refractivity contribution in [1.29, 1.82) is 0 Å². The predicted molar refractivity (Wildman–Crippen MR) is 78.6 cm³/mol. The van der Waals surface area contributed by atoms with E-state index < -0.39 is 0 Å². The average molecular weight is 291 g/mol. The van der Waals surface area contributed by atoms with Crippen molar-refractivity contribution in [3.8, 4) is 5.75 Å². The summed E-state index contributed by atoms with van der Waals surface area (Å²) in [5, 5.41) is 0.559. The number of ether oxygens (including phenoxy) is 2. The molecular weight excluding hydrogens is 276 g/mol. The first kappa shape index (κ1) is 14.4. The lowest BCUT2D eigenvalue weighted by Crippen LogP contribution is -2.06. The maximum absolute atomic E-state index is 11.8. The molecule has 0 unspecified atom stereocenters. The van der Waals surface area contributed by atoms with Crippen LogP contribution in [0.15, 0.2) is 42.5 Å². The number of rotatable bonds is 4. The Hall–Kier alpha value is -2.00. The lowest BCUT2D eigenvalue weighted by molar-refractivity contribution is 0.0599. The molecule has 0 amide bonds. The molecule has 0 heterocycles. The molecule has 0 aliphatic rings. The molecule has 20 heavy (non-hydrogen) atoms. The Bertz CT molecular complexity index is 606. The number of halogens is 1. The van der Waals surface area contributed by atoms with E-state index in [9.17, 15) is 4.79 Å². The van der Waals surface area contributed by atoms with E-state index in [1.165, 1.54) is 7.11 Å². The van der Waals surface area contributed by atoms with E-state index in [1.807, 2.05) is 24.3 Å². The number of benzene rings is 2. The van der Waals surface area contributed by atoms with Crippen molar-refractivity contribution in [3.05, 3.63) is 64.2 Å². The summed E-state index contributed by atoms with van der Waals surface area (Å²) in [5.41, 5.74) is 2.31. The summed E-state index contributed by atoms with van der Waals surface area (Å²) in [7, 11) is 2.98. The lowest BCUT2D eigenvalue weighted by atomic mass is 9.99. The van der Waals surface area contributed by atoms with Crippen LogP contribution in [0.1, 0.15) is 21.5 Å². The van der Waals surface area contributed by atoms with Gasteiger partial charge in [0, 0.05) is 5.02 Å². The maximum atomic E-state index is 11.8. The van der Waals surface area contributed by atoms with Crippen molar-refractivity contribution < 1.29 is 14.3 Å². The summed E-state index contributed by atoms with van der Waals surface area (Å²) in [6.07, 6.45) is 0.564. The molecule has 0 atom stereocenters. The fraction of sp³-hybridized carbons (Fsp3) is 0.188. The zero-order valence-corrected chi connectivity index (χ0v) is 12.1. The lowest BCUT2D eigenvalue weighted by Gasteiger charge is -2.10.